The van der Waals surface area contributed by atoms with E-state index in [1.165, 1.54) is 24.1 Å². The van der Waals surface area contributed by atoms with Gasteiger partial charge in [0.2, 0.25) is 5.91 Å². The second kappa shape index (κ2) is 5.70. The van der Waals surface area contributed by atoms with Crippen molar-refractivity contribution in [3.05, 3.63) is 29.8 Å². The predicted octanol–water partition coefficient (Wildman–Crippen LogP) is 3.48. The Balaban J connectivity index is 1.77. The molecule has 21 heavy (non-hydrogen) atoms. The van der Waals surface area contributed by atoms with E-state index in [4.69, 9.17) is 0 Å². The maximum Gasteiger partial charge on any atom is 0.219 e. The molecule has 3 rings (SSSR count). The number of piperidine rings is 1. The van der Waals surface area contributed by atoms with Gasteiger partial charge in [-0.1, -0.05) is 32.0 Å². The van der Waals surface area contributed by atoms with Gasteiger partial charge in [-0.3, -0.25) is 4.79 Å². The molecule has 1 aromatic carbocycles. The van der Waals surface area contributed by atoms with Gasteiger partial charge in [-0.15, -0.1) is 0 Å². The summed E-state index contributed by atoms with van der Waals surface area (Å²) in [7, 11) is 0. The van der Waals surface area contributed by atoms with Gasteiger partial charge in [0.1, 0.15) is 0 Å². The Hall–Kier alpha value is -1.51. The summed E-state index contributed by atoms with van der Waals surface area (Å²) < 4.78 is 0. The Morgan fingerprint density at radius 2 is 1.81 bits per heavy atom. The van der Waals surface area contributed by atoms with E-state index >= 15 is 0 Å². The van der Waals surface area contributed by atoms with Crippen molar-refractivity contribution in [3.8, 4) is 0 Å². The molecule has 3 heteroatoms. The second-order valence-corrected chi connectivity index (χ2v) is 6.93. The lowest BCUT2D eigenvalue weighted by atomic mass is 9.91. The second-order valence-electron chi connectivity index (χ2n) is 6.93. The zero-order chi connectivity index (χ0) is 15.0. The molecule has 2 aliphatic rings. The van der Waals surface area contributed by atoms with Crippen molar-refractivity contribution in [2.75, 3.05) is 18.4 Å². The normalized spacial score (nSPS) is 28.0. The maximum atomic E-state index is 11.6. The molecule has 1 aliphatic carbocycles. The zero-order valence-corrected chi connectivity index (χ0v) is 13.3. The Morgan fingerprint density at radius 3 is 2.38 bits per heavy atom. The van der Waals surface area contributed by atoms with Crippen LogP contribution >= 0.6 is 0 Å². The summed E-state index contributed by atoms with van der Waals surface area (Å²) >= 11 is 0. The molecule has 0 unspecified atom stereocenters. The molecule has 3 atom stereocenters. The molecule has 1 saturated carbocycles. The molecule has 0 aromatic heterocycles. The maximum absolute atomic E-state index is 11.6. The average Bonchev–Trinajstić information content (AvgIpc) is 2.70. The quantitative estimate of drug-likeness (QED) is 0.922. The van der Waals surface area contributed by atoms with Gasteiger partial charge >= 0.3 is 0 Å². The Kier molecular flexibility index (Phi) is 3.92. The van der Waals surface area contributed by atoms with Crippen molar-refractivity contribution in [1.82, 2.24) is 4.90 Å². The minimum Gasteiger partial charge on any atom is -0.381 e. The SMILES string of the molecule is CC(=O)N1C[C@H]2CC[C@@H](C1)[C@@H]2Nc1ccccc1C(C)C. The highest BCUT2D eigenvalue weighted by Gasteiger charge is 2.42. The summed E-state index contributed by atoms with van der Waals surface area (Å²) in [5.74, 6) is 1.97. The van der Waals surface area contributed by atoms with E-state index in [0.717, 1.165) is 13.1 Å². The molecule has 2 fully saturated rings. The number of nitrogens with zero attached hydrogens (tertiary/aromatic N) is 1. The van der Waals surface area contributed by atoms with Crippen LogP contribution < -0.4 is 5.32 Å². The summed E-state index contributed by atoms with van der Waals surface area (Å²) in [6.45, 7) is 8.03. The smallest absolute Gasteiger partial charge is 0.219 e. The first-order valence-corrected chi connectivity index (χ1v) is 8.17. The highest BCUT2D eigenvalue weighted by atomic mass is 16.2. The van der Waals surface area contributed by atoms with Crippen LogP contribution in [0.2, 0.25) is 0 Å². The first-order valence-electron chi connectivity index (χ1n) is 8.17. The Labute approximate surface area is 127 Å². The number of fused-ring (bicyclic) bond motifs is 2. The molecular formula is C18H26N2O. The minimum atomic E-state index is 0.230. The van der Waals surface area contributed by atoms with E-state index in [-0.39, 0.29) is 5.91 Å². The molecule has 3 nitrogen and oxygen atoms in total. The highest BCUT2D eigenvalue weighted by molar-refractivity contribution is 5.73. The molecule has 1 N–H and O–H groups in total. The topological polar surface area (TPSA) is 32.3 Å². The van der Waals surface area contributed by atoms with Gasteiger partial charge in [0.25, 0.3) is 0 Å². The summed E-state index contributed by atoms with van der Waals surface area (Å²) in [5.41, 5.74) is 2.68. The van der Waals surface area contributed by atoms with Crippen LogP contribution in [-0.2, 0) is 4.79 Å². The van der Waals surface area contributed by atoms with Crippen LogP contribution in [0.15, 0.2) is 24.3 Å². The Bertz CT molecular complexity index is 512. The van der Waals surface area contributed by atoms with E-state index in [1.807, 2.05) is 4.90 Å². The molecule has 1 saturated heterocycles. The Morgan fingerprint density at radius 1 is 1.19 bits per heavy atom. The fourth-order valence-electron chi connectivity index (χ4n) is 4.03. The molecule has 2 bridgehead atoms. The van der Waals surface area contributed by atoms with E-state index in [9.17, 15) is 4.79 Å². The predicted molar refractivity (Wildman–Crippen MR) is 86.4 cm³/mol. The van der Waals surface area contributed by atoms with Crippen LogP contribution in [0.5, 0.6) is 0 Å². The van der Waals surface area contributed by atoms with Crippen LogP contribution in [-0.4, -0.2) is 29.9 Å². The van der Waals surface area contributed by atoms with Crippen molar-refractivity contribution in [1.29, 1.82) is 0 Å². The number of anilines is 1. The van der Waals surface area contributed by atoms with Crippen molar-refractivity contribution < 1.29 is 4.79 Å². The van der Waals surface area contributed by atoms with Crippen LogP contribution in [0, 0.1) is 11.8 Å². The number of hydrogen-bond acceptors (Lipinski definition) is 2. The molecule has 1 aromatic rings. The van der Waals surface area contributed by atoms with Gasteiger partial charge in [0, 0.05) is 31.7 Å². The van der Waals surface area contributed by atoms with Crippen molar-refractivity contribution >= 4 is 11.6 Å². The van der Waals surface area contributed by atoms with Gasteiger partial charge in [-0.25, -0.2) is 0 Å². The molecule has 1 aliphatic heterocycles. The van der Waals surface area contributed by atoms with Gasteiger partial charge in [0.15, 0.2) is 0 Å². The summed E-state index contributed by atoms with van der Waals surface area (Å²) in [6.07, 6.45) is 2.49. The van der Waals surface area contributed by atoms with Crippen LogP contribution in [0.3, 0.4) is 0 Å². The summed E-state index contributed by atoms with van der Waals surface area (Å²) in [5, 5.41) is 3.81. The van der Waals surface area contributed by atoms with E-state index in [2.05, 4.69) is 43.4 Å². The first-order chi connectivity index (χ1) is 10.1. The van der Waals surface area contributed by atoms with E-state index in [1.54, 1.807) is 6.92 Å². The highest BCUT2D eigenvalue weighted by Crippen LogP contribution is 2.39. The van der Waals surface area contributed by atoms with Crippen molar-refractivity contribution in [2.45, 2.75) is 45.6 Å². The van der Waals surface area contributed by atoms with Gasteiger partial charge in [0.05, 0.1) is 0 Å². The van der Waals surface area contributed by atoms with Gasteiger partial charge in [-0.05, 0) is 42.2 Å². The number of rotatable bonds is 3. The average molecular weight is 286 g/mol. The molecule has 0 radical (unpaired) electrons. The number of hydrogen-bond donors (Lipinski definition) is 1. The van der Waals surface area contributed by atoms with Crippen molar-refractivity contribution in [3.63, 3.8) is 0 Å². The lowest BCUT2D eigenvalue weighted by molar-refractivity contribution is -0.131. The lowest BCUT2D eigenvalue weighted by Gasteiger charge is -2.39. The first kappa shape index (κ1) is 14.4. The molecule has 1 amide bonds. The van der Waals surface area contributed by atoms with Crippen molar-refractivity contribution in [2.24, 2.45) is 11.8 Å². The summed E-state index contributed by atoms with van der Waals surface area (Å²) in [4.78, 5) is 13.7. The molecule has 1 heterocycles. The van der Waals surface area contributed by atoms with E-state index in [0.29, 0.717) is 23.8 Å². The fraction of sp³-hybridized carbons (Fsp3) is 0.611. The number of benzene rings is 1. The summed E-state index contributed by atoms with van der Waals surface area (Å²) in [6, 6.07) is 9.18. The number of carbonyl (C=O) groups is 1. The van der Waals surface area contributed by atoms with E-state index < -0.39 is 0 Å². The largest absolute Gasteiger partial charge is 0.381 e. The monoisotopic (exact) mass is 286 g/mol. The fourth-order valence-corrected chi connectivity index (χ4v) is 4.03. The molecule has 114 valence electrons. The number of carbonyl (C=O) groups excluding carboxylic acids is 1. The van der Waals surface area contributed by atoms with Crippen LogP contribution in [0.1, 0.15) is 45.1 Å². The van der Waals surface area contributed by atoms with Crippen LogP contribution in [0.4, 0.5) is 5.69 Å². The third-order valence-corrected chi connectivity index (χ3v) is 5.18. The van der Waals surface area contributed by atoms with Gasteiger partial charge in [-0.2, -0.15) is 0 Å². The third-order valence-electron chi connectivity index (χ3n) is 5.18. The standard InChI is InChI=1S/C18H26N2O/c1-12(2)16-6-4-5-7-17(16)19-18-14-8-9-15(18)11-20(10-14)13(3)21/h4-7,12,14-15,18-19H,8-11H2,1-3H3/t14-,15+,18-. The number of likely N-dealkylation sites (tertiary alicyclic amines) is 1. The zero-order valence-electron chi connectivity index (χ0n) is 13.3. The van der Waals surface area contributed by atoms with Gasteiger partial charge < -0.3 is 10.2 Å². The molecule has 0 spiro atoms. The minimum absolute atomic E-state index is 0.230. The lowest BCUT2D eigenvalue weighted by Crippen LogP contribution is -2.49. The number of amides is 1. The van der Waals surface area contributed by atoms with Crippen LogP contribution in [0.25, 0.3) is 0 Å². The number of para-hydroxylation sites is 1. The number of nitrogens with one attached hydrogen (secondary N) is 1. The third kappa shape index (κ3) is 2.78. The molecular weight excluding hydrogens is 260 g/mol.